The molecule has 2 rings (SSSR count). The van der Waals surface area contributed by atoms with Gasteiger partial charge in [-0.15, -0.1) is 0 Å². The average Bonchev–Trinajstić information content (AvgIpc) is 2.44. The second-order valence-corrected chi connectivity index (χ2v) is 5.86. The van der Waals surface area contributed by atoms with Crippen molar-refractivity contribution in [2.45, 2.75) is 26.8 Å². The van der Waals surface area contributed by atoms with Crippen LogP contribution in [0.25, 0.3) is 0 Å². The van der Waals surface area contributed by atoms with Crippen molar-refractivity contribution in [3.8, 4) is 0 Å². The van der Waals surface area contributed by atoms with Crippen LogP contribution >= 0.6 is 11.6 Å². The lowest BCUT2D eigenvalue weighted by molar-refractivity contribution is -0.143. The lowest BCUT2D eigenvalue weighted by Gasteiger charge is -2.39. The van der Waals surface area contributed by atoms with E-state index in [1.807, 2.05) is 13.8 Å². The minimum atomic E-state index is -0.530. The van der Waals surface area contributed by atoms with Crippen LogP contribution in [0.4, 0.5) is 10.1 Å². The van der Waals surface area contributed by atoms with Gasteiger partial charge < -0.3 is 9.80 Å². The van der Waals surface area contributed by atoms with Crippen LogP contribution in [0.1, 0.15) is 20.8 Å². The Labute approximate surface area is 128 Å². The topological polar surface area (TPSA) is 40.6 Å². The van der Waals surface area contributed by atoms with Crippen molar-refractivity contribution >= 4 is 29.1 Å². The van der Waals surface area contributed by atoms with Crippen LogP contribution in [0.2, 0.25) is 5.02 Å². The summed E-state index contributed by atoms with van der Waals surface area (Å²) in [5, 5.41) is -0.0198. The van der Waals surface area contributed by atoms with Gasteiger partial charge in [-0.2, -0.15) is 0 Å². The van der Waals surface area contributed by atoms with Crippen molar-refractivity contribution in [3.05, 3.63) is 29.0 Å². The van der Waals surface area contributed by atoms with E-state index in [9.17, 15) is 14.0 Å². The third kappa shape index (κ3) is 3.02. The normalized spacial score (nSPS) is 19.3. The largest absolute Gasteiger partial charge is 0.329 e. The summed E-state index contributed by atoms with van der Waals surface area (Å²) in [7, 11) is 0. The molecule has 1 aromatic rings. The molecule has 1 aliphatic heterocycles. The van der Waals surface area contributed by atoms with Gasteiger partial charge in [0.25, 0.3) is 0 Å². The maximum Gasteiger partial charge on any atom is 0.249 e. The zero-order valence-electron chi connectivity index (χ0n) is 12.3. The van der Waals surface area contributed by atoms with E-state index in [1.165, 1.54) is 18.2 Å². The standard InChI is InChI=1S/C15H18ClFN2O2/c1-9(2)14(20)18-6-7-19(15(21)10(18)3)11-4-5-13(17)12(16)8-11/h4-5,8-10H,6-7H2,1-3H3/t10-/m0/s1. The fraction of sp³-hybridized carbons (Fsp3) is 0.467. The molecule has 1 saturated heterocycles. The zero-order chi connectivity index (χ0) is 15.7. The summed E-state index contributed by atoms with van der Waals surface area (Å²) in [6, 6.07) is 3.66. The van der Waals surface area contributed by atoms with Crippen molar-refractivity contribution in [2.24, 2.45) is 5.92 Å². The van der Waals surface area contributed by atoms with Crippen molar-refractivity contribution in [1.29, 1.82) is 0 Å². The number of hydrogen-bond acceptors (Lipinski definition) is 2. The summed E-state index contributed by atoms with van der Waals surface area (Å²) >= 11 is 5.76. The van der Waals surface area contributed by atoms with Crippen LogP contribution in [0.5, 0.6) is 0 Å². The number of benzene rings is 1. The summed E-state index contributed by atoms with van der Waals surface area (Å²) in [4.78, 5) is 27.7. The summed E-state index contributed by atoms with van der Waals surface area (Å²) in [6.07, 6.45) is 0. The highest BCUT2D eigenvalue weighted by atomic mass is 35.5. The molecule has 0 N–H and O–H groups in total. The molecule has 1 heterocycles. The van der Waals surface area contributed by atoms with E-state index in [0.717, 1.165) is 0 Å². The minimum absolute atomic E-state index is 0.0198. The van der Waals surface area contributed by atoms with Gasteiger partial charge in [0.15, 0.2) is 0 Å². The van der Waals surface area contributed by atoms with Gasteiger partial charge in [0.05, 0.1) is 5.02 Å². The Balaban J connectivity index is 2.21. The van der Waals surface area contributed by atoms with Gasteiger partial charge in [0.1, 0.15) is 11.9 Å². The predicted molar refractivity (Wildman–Crippen MR) is 79.8 cm³/mol. The van der Waals surface area contributed by atoms with Gasteiger partial charge in [-0.25, -0.2) is 4.39 Å². The van der Waals surface area contributed by atoms with E-state index < -0.39 is 11.9 Å². The second-order valence-electron chi connectivity index (χ2n) is 5.45. The summed E-state index contributed by atoms with van der Waals surface area (Å²) < 4.78 is 13.2. The number of hydrogen-bond donors (Lipinski definition) is 0. The molecule has 0 bridgehead atoms. The third-order valence-electron chi connectivity index (χ3n) is 3.65. The maximum absolute atomic E-state index is 13.2. The lowest BCUT2D eigenvalue weighted by Crippen LogP contribution is -2.58. The number of halogens is 2. The fourth-order valence-corrected chi connectivity index (χ4v) is 2.59. The van der Waals surface area contributed by atoms with Crippen LogP contribution in [0.3, 0.4) is 0 Å². The molecule has 1 aliphatic rings. The molecule has 1 atom stereocenters. The number of anilines is 1. The number of carbonyl (C=O) groups excluding carboxylic acids is 2. The Bertz CT molecular complexity index is 577. The van der Waals surface area contributed by atoms with Gasteiger partial charge in [-0.1, -0.05) is 25.4 Å². The van der Waals surface area contributed by atoms with E-state index >= 15 is 0 Å². The predicted octanol–water partition coefficient (Wildman–Crippen LogP) is 2.70. The number of carbonyl (C=O) groups is 2. The van der Waals surface area contributed by atoms with Crippen LogP contribution in [-0.2, 0) is 9.59 Å². The highest BCUT2D eigenvalue weighted by Crippen LogP contribution is 2.26. The number of amides is 2. The quantitative estimate of drug-likeness (QED) is 0.842. The summed E-state index contributed by atoms with van der Waals surface area (Å²) in [6.45, 7) is 6.17. The summed E-state index contributed by atoms with van der Waals surface area (Å²) in [5.74, 6) is -0.882. The Hall–Kier alpha value is -1.62. The minimum Gasteiger partial charge on any atom is -0.329 e. The molecule has 0 aromatic heterocycles. The highest BCUT2D eigenvalue weighted by Gasteiger charge is 2.35. The van der Waals surface area contributed by atoms with E-state index in [4.69, 9.17) is 11.6 Å². The SMILES string of the molecule is CC(C)C(=O)N1CCN(c2ccc(F)c(Cl)c2)C(=O)[C@@H]1C. The number of nitrogens with zero attached hydrogens (tertiary/aromatic N) is 2. The molecule has 1 fully saturated rings. The molecule has 0 spiro atoms. The Morgan fingerprint density at radius 3 is 2.62 bits per heavy atom. The van der Waals surface area contributed by atoms with Crippen LogP contribution in [0.15, 0.2) is 18.2 Å². The van der Waals surface area contributed by atoms with Crippen LogP contribution in [0, 0.1) is 11.7 Å². The lowest BCUT2D eigenvalue weighted by atomic mass is 10.1. The highest BCUT2D eigenvalue weighted by molar-refractivity contribution is 6.31. The van der Waals surface area contributed by atoms with E-state index in [0.29, 0.717) is 18.8 Å². The van der Waals surface area contributed by atoms with Crippen molar-refractivity contribution in [3.63, 3.8) is 0 Å². The number of piperazine rings is 1. The molecule has 0 saturated carbocycles. The monoisotopic (exact) mass is 312 g/mol. The maximum atomic E-state index is 13.2. The van der Waals surface area contributed by atoms with Crippen molar-refractivity contribution < 1.29 is 14.0 Å². The average molecular weight is 313 g/mol. The molecular weight excluding hydrogens is 295 g/mol. The molecular formula is C15H18ClFN2O2. The Morgan fingerprint density at radius 2 is 2.05 bits per heavy atom. The van der Waals surface area contributed by atoms with Gasteiger partial charge >= 0.3 is 0 Å². The molecule has 6 heteroatoms. The Kier molecular flexibility index (Phi) is 4.52. The first-order valence-electron chi connectivity index (χ1n) is 6.90. The molecule has 1 aromatic carbocycles. The van der Waals surface area contributed by atoms with Gasteiger partial charge in [0.2, 0.25) is 11.8 Å². The summed E-state index contributed by atoms with van der Waals surface area (Å²) in [5.41, 5.74) is 0.551. The Morgan fingerprint density at radius 1 is 1.38 bits per heavy atom. The molecule has 21 heavy (non-hydrogen) atoms. The molecule has 114 valence electrons. The van der Waals surface area contributed by atoms with Crippen molar-refractivity contribution in [2.75, 3.05) is 18.0 Å². The molecule has 0 radical (unpaired) electrons. The van der Waals surface area contributed by atoms with E-state index in [2.05, 4.69) is 0 Å². The van der Waals surface area contributed by atoms with Crippen LogP contribution in [-0.4, -0.2) is 35.8 Å². The van der Waals surface area contributed by atoms with Crippen LogP contribution < -0.4 is 4.90 Å². The smallest absolute Gasteiger partial charge is 0.249 e. The van der Waals surface area contributed by atoms with Gasteiger partial charge in [0, 0.05) is 24.7 Å². The third-order valence-corrected chi connectivity index (χ3v) is 3.94. The molecule has 0 unspecified atom stereocenters. The van der Waals surface area contributed by atoms with E-state index in [-0.39, 0.29) is 22.8 Å². The molecule has 0 aliphatic carbocycles. The fourth-order valence-electron chi connectivity index (χ4n) is 2.41. The van der Waals surface area contributed by atoms with E-state index in [1.54, 1.807) is 16.7 Å². The molecule has 2 amide bonds. The number of rotatable bonds is 2. The van der Waals surface area contributed by atoms with Gasteiger partial charge in [-0.3, -0.25) is 9.59 Å². The zero-order valence-corrected chi connectivity index (χ0v) is 13.0. The first kappa shape index (κ1) is 15.8. The van der Waals surface area contributed by atoms with Crippen molar-refractivity contribution in [1.82, 2.24) is 4.90 Å². The molecule has 4 nitrogen and oxygen atoms in total. The first-order valence-corrected chi connectivity index (χ1v) is 7.27. The first-order chi connectivity index (χ1) is 9.82. The van der Waals surface area contributed by atoms with Gasteiger partial charge in [-0.05, 0) is 25.1 Å². The second kappa shape index (κ2) is 6.02.